The molecule has 10 heteroatoms. The second-order valence-corrected chi connectivity index (χ2v) is 12.6. The van der Waals surface area contributed by atoms with Gasteiger partial charge < -0.3 is 24.5 Å². The van der Waals surface area contributed by atoms with E-state index in [1.165, 1.54) is 4.90 Å². The predicted molar refractivity (Wildman–Crippen MR) is 154 cm³/mol. The number of nitrogens with zero attached hydrogens (tertiary/aromatic N) is 3. The Morgan fingerprint density at radius 3 is 2.50 bits per heavy atom. The third-order valence-corrected chi connectivity index (χ3v) is 11.0. The van der Waals surface area contributed by atoms with Gasteiger partial charge in [-0.2, -0.15) is 0 Å². The van der Waals surface area contributed by atoms with Crippen molar-refractivity contribution in [3.8, 4) is 5.75 Å². The van der Waals surface area contributed by atoms with Crippen LogP contribution in [0.25, 0.3) is 0 Å². The van der Waals surface area contributed by atoms with E-state index < -0.39 is 22.6 Å². The van der Waals surface area contributed by atoms with Crippen molar-refractivity contribution in [3.63, 3.8) is 0 Å². The summed E-state index contributed by atoms with van der Waals surface area (Å²) in [6.07, 6.45) is 4.74. The van der Waals surface area contributed by atoms with Crippen LogP contribution in [0.1, 0.15) is 19.8 Å². The van der Waals surface area contributed by atoms with Crippen molar-refractivity contribution < 1.29 is 24.2 Å². The van der Waals surface area contributed by atoms with E-state index in [0.717, 1.165) is 6.42 Å². The molecule has 4 rings (SSSR count). The molecular formula is C28H36BrN3O5S. The number of hydrogen-bond acceptors (Lipinski definition) is 6. The Hall–Kier alpha value is -2.30. The number of benzene rings is 1. The number of halogens is 1. The average molecular weight is 607 g/mol. The number of aliphatic hydroxyl groups is 1. The fourth-order valence-electron chi connectivity index (χ4n) is 6.33. The number of ether oxygens (including phenoxy) is 1. The topological polar surface area (TPSA) is 90.4 Å². The lowest BCUT2D eigenvalue weighted by Crippen LogP contribution is -2.56. The fraction of sp³-hybridized carbons (Fsp3) is 0.536. The number of aliphatic hydroxyl groups excluding tert-OH is 1. The highest BCUT2D eigenvalue weighted by molar-refractivity contribution is 9.09. The molecule has 0 saturated carbocycles. The van der Waals surface area contributed by atoms with E-state index in [0.29, 0.717) is 30.9 Å². The van der Waals surface area contributed by atoms with Crippen LogP contribution >= 0.6 is 27.7 Å². The smallest absolute Gasteiger partial charge is 0.251 e. The minimum atomic E-state index is -0.818. The Labute approximate surface area is 237 Å². The number of methoxy groups -OCH3 is 1. The molecule has 3 heterocycles. The number of β-amino-alcohol motifs (C(OH)–C–C–N with tert-alkyl or cyclic N) is 1. The summed E-state index contributed by atoms with van der Waals surface area (Å²) in [6, 6.07) is 6.36. The van der Waals surface area contributed by atoms with Crippen LogP contribution < -0.4 is 9.64 Å². The van der Waals surface area contributed by atoms with Crippen LogP contribution in [0, 0.1) is 11.8 Å². The number of amides is 3. The lowest BCUT2D eigenvalue weighted by atomic mass is 9.70. The first-order valence-electron chi connectivity index (χ1n) is 13.0. The molecule has 1 aromatic carbocycles. The molecule has 3 fully saturated rings. The Balaban J connectivity index is 1.76. The average Bonchev–Trinajstić information content (AvgIpc) is 3.50. The summed E-state index contributed by atoms with van der Waals surface area (Å²) in [6.45, 7) is 10.7. The predicted octanol–water partition coefficient (Wildman–Crippen LogP) is 3.10. The Kier molecular flexibility index (Phi) is 8.94. The lowest BCUT2D eigenvalue weighted by molar-refractivity contribution is -0.144. The first-order chi connectivity index (χ1) is 18.3. The fourth-order valence-corrected chi connectivity index (χ4v) is 9.93. The van der Waals surface area contributed by atoms with Gasteiger partial charge in [-0.05, 0) is 37.1 Å². The maximum Gasteiger partial charge on any atom is 0.251 e. The van der Waals surface area contributed by atoms with Gasteiger partial charge in [-0.3, -0.25) is 14.4 Å². The third kappa shape index (κ3) is 4.69. The molecule has 3 saturated heterocycles. The molecular weight excluding hydrogens is 570 g/mol. The van der Waals surface area contributed by atoms with Crippen LogP contribution in [-0.4, -0.2) is 93.4 Å². The monoisotopic (exact) mass is 605 g/mol. The Bertz CT molecular complexity index is 1080. The van der Waals surface area contributed by atoms with Gasteiger partial charge in [-0.1, -0.05) is 35.0 Å². The summed E-state index contributed by atoms with van der Waals surface area (Å²) in [5.74, 6) is -1.05. The summed E-state index contributed by atoms with van der Waals surface area (Å²) in [5.41, 5.74) is 0.660. The molecule has 1 N–H and O–H groups in total. The second kappa shape index (κ2) is 11.8. The zero-order valence-electron chi connectivity index (χ0n) is 21.9. The zero-order valence-corrected chi connectivity index (χ0v) is 24.3. The van der Waals surface area contributed by atoms with E-state index >= 15 is 0 Å². The number of anilines is 1. The van der Waals surface area contributed by atoms with Gasteiger partial charge in [-0.25, -0.2) is 0 Å². The van der Waals surface area contributed by atoms with Crippen LogP contribution in [0.15, 0.2) is 49.6 Å². The number of likely N-dealkylation sites (tertiary alicyclic amines) is 1. The third-order valence-electron chi connectivity index (χ3n) is 7.77. The minimum Gasteiger partial charge on any atom is -0.497 e. The largest absolute Gasteiger partial charge is 0.497 e. The first kappa shape index (κ1) is 28.7. The number of thioether (sulfide) groups is 1. The first-order valence-corrected chi connectivity index (χ1v) is 14.8. The lowest BCUT2D eigenvalue weighted by Gasteiger charge is -2.38. The van der Waals surface area contributed by atoms with Gasteiger partial charge in [0.15, 0.2) is 0 Å². The highest BCUT2D eigenvalue weighted by atomic mass is 79.9. The quantitative estimate of drug-likeness (QED) is 0.291. The minimum absolute atomic E-state index is 0.0177. The van der Waals surface area contributed by atoms with E-state index in [4.69, 9.17) is 4.74 Å². The molecule has 0 radical (unpaired) electrons. The molecule has 1 aromatic rings. The van der Waals surface area contributed by atoms with Crippen molar-refractivity contribution in [1.82, 2.24) is 9.80 Å². The highest BCUT2D eigenvalue weighted by Crippen LogP contribution is 2.68. The second-order valence-electron chi connectivity index (χ2n) is 9.93. The molecule has 3 aliphatic heterocycles. The molecule has 3 unspecified atom stereocenters. The normalized spacial score (nSPS) is 29.2. The SMILES string of the molecule is C=CCN(CCC)C(=O)[C@H]1[C@H]2C(=O)N(CCO)C(C(=O)N(CC=C)c3ccc(OC)cc3)C23CC(Br)[C@@H]1S3. The van der Waals surface area contributed by atoms with Gasteiger partial charge in [0.2, 0.25) is 11.8 Å². The molecule has 3 aliphatic rings. The number of fused-ring (bicyclic) bond motifs is 1. The van der Waals surface area contributed by atoms with Gasteiger partial charge >= 0.3 is 0 Å². The number of carbonyl (C=O) groups excluding carboxylic acids is 3. The van der Waals surface area contributed by atoms with Gasteiger partial charge in [0, 0.05) is 41.9 Å². The van der Waals surface area contributed by atoms with Crippen molar-refractivity contribution in [1.29, 1.82) is 0 Å². The van der Waals surface area contributed by atoms with Crippen LogP contribution in [0.2, 0.25) is 0 Å². The van der Waals surface area contributed by atoms with Crippen molar-refractivity contribution in [2.45, 2.75) is 40.6 Å². The van der Waals surface area contributed by atoms with E-state index in [1.807, 2.05) is 6.92 Å². The van der Waals surface area contributed by atoms with Gasteiger partial charge in [0.1, 0.15) is 11.8 Å². The maximum atomic E-state index is 14.4. The number of rotatable bonds is 12. The van der Waals surface area contributed by atoms with Crippen molar-refractivity contribution in [3.05, 3.63) is 49.6 Å². The van der Waals surface area contributed by atoms with Crippen molar-refractivity contribution in [2.75, 3.05) is 44.8 Å². The van der Waals surface area contributed by atoms with Crippen LogP contribution in [0.4, 0.5) is 5.69 Å². The van der Waals surface area contributed by atoms with Crippen molar-refractivity contribution in [2.24, 2.45) is 11.8 Å². The summed E-state index contributed by atoms with van der Waals surface area (Å²) in [7, 11) is 1.58. The van der Waals surface area contributed by atoms with E-state index in [1.54, 1.807) is 65.1 Å². The van der Waals surface area contributed by atoms with E-state index in [-0.39, 0.29) is 47.5 Å². The molecule has 0 aromatic heterocycles. The van der Waals surface area contributed by atoms with Gasteiger partial charge in [-0.15, -0.1) is 24.9 Å². The number of carbonyl (C=O) groups is 3. The summed E-state index contributed by atoms with van der Waals surface area (Å²) < 4.78 is 4.50. The summed E-state index contributed by atoms with van der Waals surface area (Å²) >= 11 is 5.40. The molecule has 206 valence electrons. The summed E-state index contributed by atoms with van der Waals surface area (Å²) in [4.78, 5) is 47.2. The Morgan fingerprint density at radius 1 is 1.24 bits per heavy atom. The van der Waals surface area contributed by atoms with Crippen LogP contribution in [0.3, 0.4) is 0 Å². The maximum absolute atomic E-state index is 14.4. The molecule has 8 nitrogen and oxygen atoms in total. The summed E-state index contributed by atoms with van der Waals surface area (Å²) in [5, 5.41) is 9.77. The van der Waals surface area contributed by atoms with E-state index in [9.17, 15) is 19.5 Å². The van der Waals surface area contributed by atoms with E-state index in [2.05, 4.69) is 29.1 Å². The molecule has 3 amide bonds. The highest BCUT2D eigenvalue weighted by Gasteiger charge is 2.76. The standard InChI is InChI=1S/C28H36BrN3O5S/c1-5-12-30(13-6-2)25(34)21-22-26(35)32(15-16-33)24(28(22)17-20(29)23(21)38-28)27(36)31(14-7-3)18-8-10-19(37-4)11-9-18/h5,7-11,20-24,33H,1,3,6,12-17H2,2,4H3/t20?,21-,22-,23-,24?,28?/m0/s1. The van der Waals surface area contributed by atoms with Crippen molar-refractivity contribution >= 4 is 51.1 Å². The number of hydrogen-bond donors (Lipinski definition) is 1. The van der Waals surface area contributed by atoms with Gasteiger partial charge in [0.05, 0.1) is 30.3 Å². The van der Waals surface area contributed by atoms with Crippen LogP contribution in [0.5, 0.6) is 5.75 Å². The number of alkyl halides is 1. The zero-order chi connectivity index (χ0) is 27.6. The molecule has 1 spiro atoms. The molecule has 38 heavy (non-hydrogen) atoms. The molecule has 0 aliphatic carbocycles. The molecule has 2 bridgehead atoms. The Morgan fingerprint density at radius 2 is 1.92 bits per heavy atom. The van der Waals surface area contributed by atoms with Gasteiger partial charge in [0.25, 0.3) is 5.91 Å². The van der Waals surface area contributed by atoms with Crippen LogP contribution in [-0.2, 0) is 14.4 Å². The molecule has 6 atom stereocenters.